The minimum atomic E-state index is -0.433. The van der Waals surface area contributed by atoms with Crippen LogP contribution in [-0.2, 0) is 16.1 Å². The van der Waals surface area contributed by atoms with E-state index in [1.165, 1.54) is 0 Å². The lowest BCUT2D eigenvalue weighted by Gasteiger charge is -2.26. The monoisotopic (exact) mass is 424 g/mol. The second kappa shape index (κ2) is 9.29. The standard InChI is InChI=1S/C24H28N2O5/c1-3-29-17-9-10-20(30-4-2)19(13-17)26-24(28)22-16-8-7-15(12-16)21(22)23(27)25-14-18-6-5-11-31-18/h5-11,13,15-16,21-22H,3-4,12,14H2,1-2H3,(H,25,27)(H,26,28)/t15-,16+,21-,22+/m0/s1. The molecule has 2 bridgehead atoms. The highest BCUT2D eigenvalue weighted by molar-refractivity contribution is 5.98. The molecule has 2 aliphatic rings. The lowest BCUT2D eigenvalue weighted by molar-refractivity contribution is -0.133. The molecule has 0 spiro atoms. The molecule has 0 saturated heterocycles. The van der Waals surface area contributed by atoms with Crippen LogP contribution in [0.2, 0.25) is 0 Å². The average molecular weight is 424 g/mol. The summed E-state index contributed by atoms with van der Waals surface area (Å²) in [5.41, 5.74) is 0.555. The number of carbonyl (C=O) groups excluding carboxylic acids is 2. The molecule has 164 valence electrons. The summed E-state index contributed by atoms with van der Waals surface area (Å²) in [5, 5.41) is 5.93. The van der Waals surface area contributed by atoms with Gasteiger partial charge >= 0.3 is 0 Å². The van der Waals surface area contributed by atoms with E-state index in [2.05, 4.69) is 22.8 Å². The summed E-state index contributed by atoms with van der Waals surface area (Å²) >= 11 is 0. The van der Waals surface area contributed by atoms with Gasteiger partial charge in [0.25, 0.3) is 0 Å². The summed E-state index contributed by atoms with van der Waals surface area (Å²) in [7, 11) is 0. The molecule has 4 atom stereocenters. The van der Waals surface area contributed by atoms with Gasteiger partial charge in [-0.25, -0.2) is 0 Å². The Balaban J connectivity index is 1.50. The predicted octanol–water partition coefficient (Wildman–Crippen LogP) is 3.77. The molecular weight excluding hydrogens is 396 g/mol. The number of nitrogens with one attached hydrogen (secondary N) is 2. The number of hydrogen-bond donors (Lipinski definition) is 2. The van der Waals surface area contributed by atoms with E-state index in [-0.39, 0.29) is 23.7 Å². The quantitative estimate of drug-likeness (QED) is 0.598. The van der Waals surface area contributed by atoms with Crippen molar-refractivity contribution in [3.05, 3.63) is 54.5 Å². The normalized spacial score (nSPS) is 23.5. The fourth-order valence-electron chi connectivity index (χ4n) is 4.60. The van der Waals surface area contributed by atoms with Gasteiger partial charge in [-0.15, -0.1) is 0 Å². The number of amides is 2. The van der Waals surface area contributed by atoms with E-state index in [0.29, 0.717) is 42.7 Å². The first-order valence-electron chi connectivity index (χ1n) is 10.8. The van der Waals surface area contributed by atoms with E-state index in [9.17, 15) is 9.59 Å². The van der Waals surface area contributed by atoms with Crippen LogP contribution in [0.15, 0.2) is 53.2 Å². The number of anilines is 1. The maximum atomic E-state index is 13.3. The topological polar surface area (TPSA) is 89.8 Å². The zero-order valence-electron chi connectivity index (χ0n) is 17.8. The van der Waals surface area contributed by atoms with Crippen LogP contribution in [0.3, 0.4) is 0 Å². The maximum absolute atomic E-state index is 13.3. The third-order valence-corrected chi connectivity index (χ3v) is 5.90. The van der Waals surface area contributed by atoms with E-state index in [0.717, 1.165) is 6.42 Å². The van der Waals surface area contributed by atoms with Gasteiger partial charge in [0.1, 0.15) is 17.3 Å². The molecule has 7 nitrogen and oxygen atoms in total. The Hall–Kier alpha value is -3.22. The first kappa shape index (κ1) is 21.0. The number of fused-ring (bicyclic) bond motifs is 2. The predicted molar refractivity (Wildman–Crippen MR) is 116 cm³/mol. The molecule has 2 aliphatic carbocycles. The molecule has 0 radical (unpaired) electrons. The van der Waals surface area contributed by atoms with Crippen LogP contribution in [0, 0.1) is 23.7 Å². The van der Waals surface area contributed by atoms with Gasteiger partial charge in [-0.2, -0.15) is 0 Å². The first-order valence-corrected chi connectivity index (χ1v) is 10.8. The highest BCUT2D eigenvalue weighted by Gasteiger charge is 2.51. The number of benzene rings is 1. The molecule has 1 fully saturated rings. The van der Waals surface area contributed by atoms with Crippen molar-refractivity contribution in [2.45, 2.75) is 26.8 Å². The van der Waals surface area contributed by atoms with Gasteiger partial charge in [-0.05, 0) is 56.4 Å². The number of allylic oxidation sites excluding steroid dienone is 2. The number of ether oxygens (including phenoxy) is 2. The highest BCUT2D eigenvalue weighted by Crippen LogP contribution is 2.48. The third-order valence-electron chi connectivity index (χ3n) is 5.90. The SMILES string of the molecule is CCOc1ccc(OCC)c(NC(=O)[C@H]2[C@@H](C(=O)NCc3ccco3)[C@H]3C=C[C@@H]2C3)c1. The van der Waals surface area contributed by atoms with Crippen molar-refractivity contribution in [3.8, 4) is 11.5 Å². The van der Waals surface area contributed by atoms with E-state index in [4.69, 9.17) is 13.9 Å². The van der Waals surface area contributed by atoms with Crippen LogP contribution in [0.1, 0.15) is 26.0 Å². The van der Waals surface area contributed by atoms with Crippen LogP contribution in [0.4, 0.5) is 5.69 Å². The largest absolute Gasteiger partial charge is 0.494 e. The Labute approximate surface area is 181 Å². The van der Waals surface area contributed by atoms with Crippen molar-refractivity contribution in [1.82, 2.24) is 5.32 Å². The summed E-state index contributed by atoms with van der Waals surface area (Å²) in [6.45, 7) is 5.11. The molecule has 1 aromatic carbocycles. The fourth-order valence-corrected chi connectivity index (χ4v) is 4.60. The summed E-state index contributed by atoms with van der Waals surface area (Å²) < 4.78 is 16.5. The molecule has 2 aromatic rings. The Morgan fingerprint density at radius 1 is 1.03 bits per heavy atom. The van der Waals surface area contributed by atoms with Crippen LogP contribution >= 0.6 is 0 Å². The molecular formula is C24H28N2O5. The Kier molecular flexibility index (Phi) is 6.30. The van der Waals surface area contributed by atoms with Crippen LogP contribution in [0.5, 0.6) is 11.5 Å². The Morgan fingerprint density at radius 3 is 2.45 bits per heavy atom. The Morgan fingerprint density at radius 2 is 1.77 bits per heavy atom. The van der Waals surface area contributed by atoms with Gasteiger partial charge in [0, 0.05) is 6.07 Å². The van der Waals surface area contributed by atoms with Crippen LogP contribution < -0.4 is 20.1 Å². The second-order valence-electron chi connectivity index (χ2n) is 7.81. The van der Waals surface area contributed by atoms with Crippen molar-refractivity contribution in [2.75, 3.05) is 18.5 Å². The first-order chi connectivity index (χ1) is 15.1. The molecule has 0 aliphatic heterocycles. The molecule has 1 heterocycles. The molecule has 0 unspecified atom stereocenters. The maximum Gasteiger partial charge on any atom is 0.229 e. The number of rotatable bonds is 9. The van der Waals surface area contributed by atoms with Gasteiger partial charge in [-0.1, -0.05) is 12.2 Å². The van der Waals surface area contributed by atoms with Gasteiger partial charge in [0.05, 0.1) is 43.5 Å². The molecule has 31 heavy (non-hydrogen) atoms. The molecule has 2 N–H and O–H groups in total. The van der Waals surface area contributed by atoms with Crippen molar-refractivity contribution in [1.29, 1.82) is 0 Å². The van der Waals surface area contributed by atoms with Gasteiger partial charge in [-0.3, -0.25) is 9.59 Å². The van der Waals surface area contributed by atoms with E-state index in [1.807, 2.05) is 26.0 Å². The molecule has 7 heteroatoms. The summed E-state index contributed by atoms with van der Waals surface area (Å²) in [6, 6.07) is 8.96. The van der Waals surface area contributed by atoms with Crippen LogP contribution in [0.25, 0.3) is 0 Å². The van der Waals surface area contributed by atoms with Crippen molar-refractivity contribution in [2.24, 2.45) is 23.7 Å². The van der Waals surface area contributed by atoms with E-state index in [1.54, 1.807) is 24.5 Å². The van der Waals surface area contributed by atoms with Crippen molar-refractivity contribution >= 4 is 17.5 Å². The van der Waals surface area contributed by atoms with Gasteiger partial charge in [0.15, 0.2) is 0 Å². The summed E-state index contributed by atoms with van der Waals surface area (Å²) in [6.07, 6.45) is 6.51. The summed E-state index contributed by atoms with van der Waals surface area (Å²) in [5.74, 6) is 0.896. The molecule has 2 amide bonds. The molecule has 1 aromatic heterocycles. The fraction of sp³-hybridized carbons (Fsp3) is 0.417. The third kappa shape index (κ3) is 4.45. The van der Waals surface area contributed by atoms with E-state index < -0.39 is 11.8 Å². The zero-order valence-corrected chi connectivity index (χ0v) is 17.8. The molecule has 1 saturated carbocycles. The van der Waals surface area contributed by atoms with Crippen molar-refractivity contribution < 1.29 is 23.5 Å². The van der Waals surface area contributed by atoms with Crippen molar-refractivity contribution in [3.63, 3.8) is 0 Å². The number of hydrogen-bond acceptors (Lipinski definition) is 5. The Bertz CT molecular complexity index is 953. The minimum Gasteiger partial charge on any atom is -0.494 e. The number of furan rings is 1. The van der Waals surface area contributed by atoms with E-state index >= 15 is 0 Å². The smallest absolute Gasteiger partial charge is 0.229 e. The summed E-state index contributed by atoms with van der Waals surface area (Å²) in [4.78, 5) is 26.3. The zero-order chi connectivity index (χ0) is 21.8. The molecule has 4 rings (SSSR count). The average Bonchev–Trinajstić information content (AvgIpc) is 3.51. The van der Waals surface area contributed by atoms with Crippen LogP contribution in [-0.4, -0.2) is 25.0 Å². The van der Waals surface area contributed by atoms with Gasteiger partial charge < -0.3 is 24.5 Å². The lowest BCUT2D eigenvalue weighted by atomic mass is 9.81. The second-order valence-corrected chi connectivity index (χ2v) is 7.81. The highest BCUT2D eigenvalue weighted by atomic mass is 16.5. The lowest BCUT2D eigenvalue weighted by Crippen LogP contribution is -2.41. The number of carbonyl (C=O) groups is 2. The van der Waals surface area contributed by atoms with Gasteiger partial charge in [0.2, 0.25) is 11.8 Å². The minimum absolute atomic E-state index is 0.0509.